The first kappa shape index (κ1) is 12.8. The fourth-order valence-electron chi connectivity index (χ4n) is 2.31. The molecule has 1 N–H and O–H groups in total. The molecule has 0 unspecified atom stereocenters. The summed E-state index contributed by atoms with van der Waals surface area (Å²) in [5.41, 5.74) is 2.17. The molecular formula is C15H19N3O2. The largest absolute Gasteiger partial charge is 0.449 e. The molecule has 2 aromatic rings. The Morgan fingerprint density at radius 3 is 2.85 bits per heavy atom. The van der Waals surface area contributed by atoms with Gasteiger partial charge in [-0.25, -0.2) is 4.98 Å². The molecule has 5 heteroatoms. The molecule has 0 amide bonds. The fraction of sp³-hybridized carbons (Fsp3) is 0.400. The Morgan fingerprint density at radius 1 is 1.25 bits per heavy atom. The molecule has 2 heterocycles. The van der Waals surface area contributed by atoms with Crippen LogP contribution in [0.1, 0.15) is 26.5 Å². The van der Waals surface area contributed by atoms with E-state index in [0.717, 1.165) is 36.0 Å². The first-order chi connectivity index (χ1) is 9.57. The third-order valence-electron chi connectivity index (χ3n) is 3.27. The second-order valence-electron chi connectivity index (χ2n) is 5.29. The minimum absolute atomic E-state index is 0.582. The molecular weight excluding hydrogens is 254 g/mol. The van der Waals surface area contributed by atoms with Crippen molar-refractivity contribution in [3.63, 3.8) is 0 Å². The standard InChI is InChI=1S/C15H19N3O2/c1-4-18-10-16-8-12(18)9-17-11-5-6-13-14(7-11)20-15(2,3)19-13/h5-8,10,17H,4,9H2,1-3H3. The number of aromatic nitrogens is 2. The van der Waals surface area contributed by atoms with Gasteiger partial charge in [0.05, 0.1) is 18.6 Å². The second-order valence-corrected chi connectivity index (χ2v) is 5.29. The maximum absolute atomic E-state index is 5.74. The van der Waals surface area contributed by atoms with Crippen molar-refractivity contribution in [1.82, 2.24) is 9.55 Å². The fourth-order valence-corrected chi connectivity index (χ4v) is 2.31. The van der Waals surface area contributed by atoms with Crippen molar-refractivity contribution in [2.24, 2.45) is 0 Å². The van der Waals surface area contributed by atoms with Crippen molar-refractivity contribution < 1.29 is 9.47 Å². The lowest BCUT2D eigenvalue weighted by Crippen LogP contribution is -2.29. The molecule has 0 radical (unpaired) electrons. The van der Waals surface area contributed by atoms with Crippen LogP contribution >= 0.6 is 0 Å². The van der Waals surface area contributed by atoms with Crippen molar-refractivity contribution in [2.45, 2.75) is 39.6 Å². The molecule has 0 saturated heterocycles. The number of rotatable bonds is 4. The van der Waals surface area contributed by atoms with Gasteiger partial charge in [0.15, 0.2) is 11.5 Å². The minimum Gasteiger partial charge on any atom is -0.449 e. The molecule has 1 aliphatic heterocycles. The summed E-state index contributed by atoms with van der Waals surface area (Å²) in [5, 5.41) is 3.38. The molecule has 5 nitrogen and oxygen atoms in total. The zero-order valence-corrected chi connectivity index (χ0v) is 12.0. The monoisotopic (exact) mass is 273 g/mol. The molecule has 1 aromatic heterocycles. The van der Waals surface area contributed by atoms with Crippen LogP contribution in [0, 0.1) is 0 Å². The number of aryl methyl sites for hydroxylation is 1. The van der Waals surface area contributed by atoms with E-state index in [1.54, 1.807) is 0 Å². The SMILES string of the molecule is CCn1cncc1CNc1ccc2c(c1)OC(C)(C)O2. The van der Waals surface area contributed by atoms with Gasteiger partial charge in [-0.05, 0) is 19.1 Å². The second kappa shape index (κ2) is 4.74. The molecule has 0 aliphatic carbocycles. The highest BCUT2D eigenvalue weighted by atomic mass is 16.7. The van der Waals surface area contributed by atoms with E-state index in [-0.39, 0.29) is 0 Å². The summed E-state index contributed by atoms with van der Waals surface area (Å²) >= 11 is 0. The number of anilines is 1. The van der Waals surface area contributed by atoms with Crippen molar-refractivity contribution in [2.75, 3.05) is 5.32 Å². The van der Waals surface area contributed by atoms with Crippen LogP contribution in [0.5, 0.6) is 11.5 Å². The van der Waals surface area contributed by atoms with Crippen molar-refractivity contribution >= 4 is 5.69 Å². The van der Waals surface area contributed by atoms with Gasteiger partial charge in [-0.1, -0.05) is 0 Å². The van der Waals surface area contributed by atoms with Crippen LogP contribution < -0.4 is 14.8 Å². The lowest BCUT2D eigenvalue weighted by atomic mass is 10.2. The first-order valence-electron chi connectivity index (χ1n) is 6.82. The maximum atomic E-state index is 5.74. The summed E-state index contributed by atoms with van der Waals surface area (Å²) in [6.45, 7) is 7.57. The molecule has 0 atom stereocenters. The number of ether oxygens (including phenoxy) is 2. The average Bonchev–Trinajstić information content (AvgIpc) is 2.97. The van der Waals surface area contributed by atoms with Gasteiger partial charge in [0.2, 0.25) is 5.79 Å². The van der Waals surface area contributed by atoms with Crippen molar-refractivity contribution in [1.29, 1.82) is 0 Å². The molecule has 0 bridgehead atoms. The van der Waals surface area contributed by atoms with Crippen LogP contribution in [0.25, 0.3) is 0 Å². The summed E-state index contributed by atoms with van der Waals surface area (Å²) in [6.07, 6.45) is 3.73. The number of benzene rings is 1. The van der Waals surface area contributed by atoms with Gasteiger partial charge in [0, 0.05) is 38.3 Å². The molecule has 106 valence electrons. The van der Waals surface area contributed by atoms with Crippen LogP contribution in [0.4, 0.5) is 5.69 Å². The van der Waals surface area contributed by atoms with Crippen LogP contribution in [-0.2, 0) is 13.1 Å². The van der Waals surface area contributed by atoms with Gasteiger partial charge >= 0.3 is 0 Å². The summed E-state index contributed by atoms with van der Waals surface area (Å²) < 4.78 is 13.5. The van der Waals surface area contributed by atoms with Gasteiger partial charge in [-0.2, -0.15) is 0 Å². The van der Waals surface area contributed by atoms with E-state index in [1.807, 2.05) is 44.6 Å². The normalized spacial score (nSPS) is 15.3. The zero-order valence-electron chi connectivity index (χ0n) is 12.0. The van der Waals surface area contributed by atoms with Gasteiger partial charge in [-0.15, -0.1) is 0 Å². The van der Waals surface area contributed by atoms with Crippen molar-refractivity contribution in [3.8, 4) is 11.5 Å². The third-order valence-corrected chi connectivity index (χ3v) is 3.27. The van der Waals surface area contributed by atoms with Crippen LogP contribution in [0.15, 0.2) is 30.7 Å². The molecule has 0 fully saturated rings. The van der Waals surface area contributed by atoms with Gasteiger partial charge in [0.1, 0.15) is 0 Å². The Bertz CT molecular complexity index is 619. The van der Waals surface area contributed by atoms with E-state index in [2.05, 4.69) is 21.8 Å². The van der Waals surface area contributed by atoms with Gasteiger partial charge in [-0.3, -0.25) is 0 Å². The van der Waals surface area contributed by atoms with E-state index in [1.165, 1.54) is 0 Å². The zero-order chi connectivity index (χ0) is 14.2. The Labute approximate surface area is 118 Å². The molecule has 20 heavy (non-hydrogen) atoms. The summed E-state index contributed by atoms with van der Waals surface area (Å²) in [7, 11) is 0. The van der Waals surface area contributed by atoms with Crippen LogP contribution in [0.3, 0.4) is 0 Å². The Balaban J connectivity index is 1.71. The molecule has 0 spiro atoms. The predicted octanol–water partition coefficient (Wildman–Crippen LogP) is 3.02. The number of fused-ring (bicyclic) bond motifs is 1. The van der Waals surface area contributed by atoms with E-state index in [9.17, 15) is 0 Å². The van der Waals surface area contributed by atoms with Crippen LogP contribution in [-0.4, -0.2) is 15.3 Å². The van der Waals surface area contributed by atoms with E-state index in [0.29, 0.717) is 0 Å². The topological polar surface area (TPSA) is 48.3 Å². The lowest BCUT2D eigenvalue weighted by Gasteiger charge is -2.16. The Morgan fingerprint density at radius 2 is 2.05 bits per heavy atom. The Kier molecular flexibility index (Phi) is 3.04. The highest BCUT2D eigenvalue weighted by Gasteiger charge is 2.31. The van der Waals surface area contributed by atoms with Gasteiger partial charge in [0.25, 0.3) is 0 Å². The third kappa shape index (κ3) is 2.43. The number of hydrogen-bond donors (Lipinski definition) is 1. The predicted molar refractivity (Wildman–Crippen MR) is 77.0 cm³/mol. The molecule has 1 aliphatic rings. The number of nitrogens with zero attached hydrogens (tertiary/aromatic N) is 2. The number of nitrogens with one attached hydrogen (secondary N) is 1. The number of imidazole rings is 1. The van der Waals surface area contributed by atoms with Crippen molar-refractivity contribution in [3.05, 3.63) is 36.4 Å². The van der Waals surface area contributed by atoms with Crippen LogP contribution in [0.2, 0.25) is 0 Å². The first-order valence-corrected chi connectivity index (χ1v) is 6.82. The maximum Gasteiger partial charge on any atom is 0.246 e. The number of hydrogen-bond acceptors (Lipinski definition) is 4. The highest BCUT2D eigenvalue weighted by molar-refractivity contribution is 5.56. The molecule has 3 rings (SSSR count). The lowest BCUT2D eigenvalue weighted by molar-refractivity contribution is -0.0431. The Hall–Kier alpha value is -2.17. The summed E-state index contributed by atoms with van der Waals surface area (Å²) in [5.74, 6) is 0.991. The van der Waals surface area contributed by atoms with E-state index < -0.39 is 5.79 Å². The van der Waals surface area contributed by atoms with E-state index in [4.69, 9.17) is 9.47 Å². The highest BCUT2D eigenvalue weighted by Crippen LogP contribution is 2.40. The minimum atomic E-state index is -0.582. The molecule has 1 aromatic carbocycles. The smallest absolute Gasteiger partial charge is 0.246 e. The summed E-state index contributed by atoms with van der Waals surface area (Å²) in [4.78, 5) is 4.16. The van der Waals surface area contributed by atoms with E-state index >= 15 is 0 Å². The molecule has 0 saturated carbocycles. The quantitative estimate of drug-likeness (QED) is 0.930. The summed E-state index contributed by atoms with van der Waals surface area (Å²) in [6, 6.07) is 5.90. The van der Waals surface area contributed by atoms with Gasteiger partial charge < -0.3 is 19.4 Å². The average molecular weight is 273 g/mol.